The summed E-state index contributed by atoms with van der Waals surface area (Å²) in [5.74, 6) is 1.60. The van der Waals surface area contributed by atoms with E-state index in [9.17, 15) is 0 Å². The molecule has 0 radical (unpaired) electrons. The maximum atomic E-state index is 5.88. The molecule has 1 unspecified atom stereocenters. The lowest BCUT2D eigenvalue weighted by Gasteiger charge is -2.32. The molecule has 5 heteroatoms. The Morgan fingerprint density at radius 1 is 1.35 bits per heavy atom. The molecule has 0 spiro atoms. The highest BCUT2D eigenvalue weighted by Gasteiger charge is 2.33. The molecule has 2 rings (SSSR count). The van der Waals surface area contributed by atoms with Crippen LogP contribution in [0.5, 0.6) is 0 Å². The monoisotopic (exact) mass is 299 g/mol. The Morgan fingerprint density at radius 2 is 2.12 bits per heavy atom. The zero-order chi connectivity index (χ0) is 12.5. The first-order valence-electron chi connectivity index (χ1n) is 5.93. The Kier molecular flexibility index (Phi) is 3.68. The first-order valence-corrected chi connectivity index (χ1v) is 6.72. The highest BCUT2D eigenvalue weighted by molar-refractivity contribution is 9.10. The van der Waals surface area contributed by atoms with Crippen molar-refractivity contribution in [2.75, 3.05) is 19.0 Å². The van der Waals surface area contributed by atoms with Gasteiger partial charge in [-0.15, -0.1) is 0 Å². The van der Waals surface area contributed by atoms with Crippen molar-refractivity contribution in [2.45, 2.75) is 38.7 Å². The predicted molar refractivity (Wildman–Crippen MR) is 71.2 cm³/mol. The van der Waals surface area contributed by atoms with Crippen LogP contribution in [0.1, 0.15) is 37.7 Å². The van der Waals surface area contributed by atoms with Crippen LogP contribution in [0.25, 0.3) is 0 Å². The van der Waals surface area contributed by atoms with Crippen LogP contribution in [-0.2, 0) is 10.3 Å². The highest BCUT2D eigenvalue weighted by atomic mass is 79.9. The van der Waals surface area contributed by atoms with Crippen molar-refractivity contribution in [3.63, 3.8) is 0 Å². The van der Waals surface area contributed by atoms with Crippen LogP contribution in [0.2, 0.25) is 0 Å². The minimum Gasteiger partial charge on any atom is -0.372 e. The molecule has 0 aliphatic carbocycles. The standard InChI is InChI=1S/C12H18BrN3O/c1-8-9(13)10(14-3)16-11(15-8)12(2)6-4-5-7-17-12/h4-7H2,1-3H3,(H,14,15,16). The average Bonchev–Trinajstić information content (AvgIpc) is 2.33. The average molecular weight is 300 g/mol. The van der Waals surface area contributed by atoms with Crippen LogP contribution in [0.3, 0.4) is 0 Å². The maximum Gasteiger partial charge on any atom is 0.162 e. The molecule has 1 aliphatic rings. The number of rotatable bonds is 2. The van der Waals surface area contributed by atoms with Gasteiger partial charge in [-0.2, -0.15) is 0 Å². The molecule has 0 bridgehead atoms. The highest BCUT2D eigenvalue weighted by Crippen LogP contribution is 2.34. The number of aromatic nitrogens is 2. The van der Waals surface area contributed by atoms with E-state index in [4.69, 9.17) is 4.74 Å². The molecule has 94 valence electrons. The fourth-order valence-corrected chi connectivity index (χ4v) is 2.45. The zero-order valence-corrected chi connectivity index (χ0v) is 12.1. The molecular formula is C12H18BrN3O. The summed E-state index contributed by atoms with van der Waals surface area (Å²) in [7, 11) is 1.86. The second-order valence-corrected chi connectivity index (χ2v) is 5.37. The Bertz CT molecular complexity index is 416. The van der Waals surface area contributed by atoms with Crippen molar-refractivity contribution in [2.24, 2.45) is 0 Å². The number of aryl methyl sites for hydroxylation is 1. The molecule has 1 aromatic rings. The summed E-state index contributed by atoms with van der Waals surface area (Å²) in [5, 5.41) is 3.08. The predicted octanol–water partition coefficient (Wildman–Crippen LogP) is 3.00. The molecule has 4 nitrogen and oxygen atoms in total. The number of halogens is 1. The van der Waals surface area contributed by atoms with E-state index in [1.54, 1.807) is 0 Å². The van der Waals surface area contributed by atoms with Gasteiger partial charge in [-0.1, -0.05) is 0 Å². The minimum absolute atomic E-state index is 0.338. The molecule has 0 saturated carbocycles. The van der Waals surface area contributed by atoms with Crippen LogP contribution in [0.4, 0.5) is 5.82 Å². The molecule has 1 aliphatic heterocycles. The fourth-order valence-electron chi connectivity index (χ4n) is 2.07. The maximum absolute atomic E-state index is 5.88. The molecule has 0 amide bonds. The van der Waals surface area contributed by atoms with Gasteiger partial charge in [-0.3, -0.25) is 0 Å². The minimum atomic E-state index is -0.338. The summed E-state index contributed by atoms with van der Waals surface area (Å²) >= 11 is 3.49. The van der Waals surface area contributed by atoms with Crippen LogP contribution in [-0.4, -0.2) is 23.6 Å². The van der Waals surface area contributed by atoms with Crippen LogP contribution < -0.4 is 5.32 Å². The van der Waals surface area contributed by atoms with Crippen LogP contribution in [0, 0.1) is 6.92 Å². The van der Waals surface area contributed by atoms with Crippen LogP contribution in [0.15, 0.2) is 4.47 Å². The normalized spacial score (nSPS) is 24.7. The van der Waals surface area contributed by atoms with Crippen molar-refractivity contribution in [1.29, 1.82) is 0 Å². The lowest BCUT2D eigenvalue weighted by Crippen LogP contribution is -2.32. The van der Waals surface area contributed by atoms with Gasteiger partial charge < -0.3 is 10.1 Å². The van der Waals surface area contributed by atoms with Crippen molar-refractivity contribution < 1.29 is 4.74 Å². The van der Waals surface area contributed by atoms with Gasteiger partial charge in [0.25, 0.3) is 0 Å². The van der Waals surface area contributed by atoms with Gasteiger partial charge in [0.1, 0.15) is 11.4 Å². The Labute approximate surface area is 110 Å². The molecule has 17 heavy (non-hydrogen) atoms. The van der Waals surface area contributed by atoms with Crippen molar-refractivity contribution in [3.8, 4) is 0 Å². The third-order valence-electron chi connectivity index (χ3n) is 3.20. The van der Waals surface area contributed by atoms with Gasteiger partial charge in [0, 0.05) is 13.7 Å². The smallest absolute Gasteiger partial charge is 0.162 e. The van der Waals surface area contributed by atoms with Gasteiger partial charge in [0.05, 0.1) is 10.2 Å². The molecule has 1 N–H and O–H groups in total. The number of ether oxygens (including phenoxy) is 1. The molecule has 1 fully saturated rings. The Balaban J connectivity index is 2.41. The van der Waals surface area contributed by atoms with Crippen LogP contribution >= 0.6 is 15.9 Å². The Hall–Kier alpha value is -0.680. The molecule has 1 aromatic heterocycles. The fraction of sp³-hybridized carbons (Fsp3) is 0.667. The molecular weight excluding hydrogens is 282 g/mol. The summed E-state index contributed by atoms with van der Waals surface area (Å²) in [4.78, 5) is 9.11. The van der Waals surface area contributed by atoms with E-state index in [0.717, 1.165) is 41.3 Å². The Morgan fingerprint density at radius 3 is 2.71 bits per heavy atom. The number of nitrogens with one attached hydrogen (secondary N) is 1. The summed E-state index contributed by atoms with van der Waals surface area (Å²) in [6.45, 7) is 4.85. The van der Waals surface area contributed by atoms with Gasteiger partial charge in [-0.25, -0.2) is 9.97 Å². The van der Waals surface area contributed by atoms with E-state index in [1.807, 2.05) is 14.0 Å². The zero-order valence-electron chi connectivity index (χ0n) is 10.5. The summed E-state index contributed by atoms with van der Waals surface area (Å²) < 4.78 is 6.80. The third-order valence-corrected chi connectivity index (χ3v) is 4.14. The number of nitrogens with zero attached hydrogens (tertiary/aromatic N) is 2. The molecule has 0 aromatic carbocycles. The lowest BCUT2D eigenvalue weighted by atomic mass is 9.95. The quantitative estimate of drug-likeness (QED) is 0.912. The van der Waals surface area contributed by atoms with E-state index in [1.165, 1.54) is 6.42 Å². The number of anilines is 1. The van der Waals surface area contributed by atoms with Crippen molar-refractivity contribution >= 4 is 21.7 Å². The topological polar surface area (TPSA) is 47.0 Å². The largest absolute Gasteiger partial charge is 0.372 e. The molecule has 2 heterocycles. The van der Waals surface area contributed by atoms with E-state index < -0.39 is 0 Å². The number of hydrogen-bond acceptors (Lipinski definition) is 4. The van der Waals surface area contributed by atoms with E-state index in [-0.39, 0.29) is 5.60 Å². The van der Waals surface area contributed by atoms with Crippen molar-refractivity contribution in [1.82, 2.24) is 9.97 Å². The van der Waals surface area contributed by atoms with Crippen molar-refractivity contribution in [3.05, 3.63) is 16.0 Å². The first-order chi connectivity index (χ1) is 8.07. The van der Waals surface area contributed by atoms with E-state index >= 15 is 0 Å². The first kappa shape index (κ1) is 12.8. The van der Waals surface area contributed by atoms with Gasteiger partial charge >= 0.3 is 0 Å². The third kappa shape index (κ3) is 2.45. The molecule has 1 atom stereocenters. The molecule has 1 saturated heterocycles. The second-order valence-electron chi connectivity index (χ2n) is 4.58. The van der Waals surface area contributed by atoms with Gasteiger partial charge in [0.15, 0.2) is 5.82 Å². The van der Waals surface area contributed by atoms with Gasteiger partial charge in [-0.05, 0) is 49.0 Å². The van der Waals surface area contributed by atoms with Gasteiger partial charge in [0.2, 0.25) is 0 Å². The number of hydrogen-bond donors (Lipinski definition) is 1. The summed E-state index contributed by atoms with van der Waals surface area (Å²) in [5.41, 5.74) is 0.602. The SMILES string of the molecule is CNc1nc(C2(C)CCCCO2)nc(C)c1Br. The van der Waals surface area contributed by atoms with E-state index in [0.29, 0.717) is 0 Å². The summed E-state index contributed by atoms with van der Waals surface area (Å²) in [6, 6.07) is 0. The lowest BCUT2D eigenvalue weighted by molar-refractivity contribution is -0.0760. The summed E-state index contributed by atoms with van der Waals surface area (Å²) in [6.07, 6.45) is 3.28. The van der Waals surface area contributed by atoms with E-state index in [2.05, 4.69) is 38.1 Å². The second kappa shape index (κ2) is 4.90.